The first kappa shape index (κ1) is 23.6. The molecule has 24 heavy (non-hydrogen) atoms. The molecule has 0 saturated heterocycles. The first-order chi connectivity index (χ1) is 11.1. The van der Waals surface area contributed by atoms with E-state index in [1.54, 1.807) is 11.3 Å². The second-order valence-electron chi connectivity index (χ2n) is 5.77. The Morgan fingerprint density at radius 1 is 1.33 bits per heavy atom. The van der Waals surface area contributed by atoms with Crippen LogP contribution >= 0.6 is 35.3 Å². The number of guanidine groups is 1. The van der Waals surface area contributed by atoms with Crippen molar-refractivity contribution >= 4 is 41.3 Å². The second-order valence-corrected chi connectivity index (χ2v) is 6.71. The Bertz CT molecular complexity index is 460. The van der Waals surface area contributed by atoms with E-state index in [1.165, 1.54) is 17.8 Å². The molecule has 1 unspecified atom stereocenters. The number of hydrogen-bond acceptors (Lipinski definition) is 4. The molecule has 5 nitrogen and oxygen atoms in total. The van der Waals surface area contributed by atoms with Crippen molar-refractivity contribution < 1.29 is 0 Å². The molecule has 2 N–H and O–H groups in total. The normalized spacial score (nSPS) is 12.8. The molecule has 1 aromatic rings. The minimum absolute atomic E-state index is 0. The van der Waals surface area contributed by atoms with Crippen LogP contribution in [0.4, 0.5) is 0 Å². The van der Waals surface area contributed by atoms with Crippen molar-refractivity contribution in [3.05, 3.63) is 16.1 Å². The standard InChI is InChI=1S/C17H33N5S.HI/c1-6-18-17(19-12-16-15(5)20-13-23-16)21-14(4)10-9-11-22(7-2)8-3;/h13-14H,6-12H2,1-5H3,(H2,18,19,21);1H. The van der Waals surface area contributed by atoms with Crippen molar-refractivity contribution in [2.45, 2.75) is 60.0 Å². The molecule has 0 fully saturated rings. The average molecular weight is 467 g/mol. The van der Waals surface area contributed by atoms with E-state index in [2.05, 4.69) is 53.2 Å². The minimum atomic E-state index is 0. The number of nitrogens with zero attached hydrogens (tertiary/aromatic N) is 3. The van der Waals surface area contributed by atoms with Gasteiger partial charge in [0.2, 0.25) is 0 Å². The third kappa shape index (κ3) is 9.17. The van der Waals surface area contributed by atoms with Gasteiger partial charge in [-0.15, -0.1) is 35.3 Å². The van der Waals surface area contributed by atoms with E-state index < -0.39 is 0 Å². The van der Waals surface area contributed by atoms with Gasteiger partial charge in [0.25, 0.3) is 0 Å². The first-order valence-electron chi connectivity index (χ1n) is 8.76. The molecule has 0 saturated carbocycles. The second kappa shape index (κ2) is 13.8. The molecule has 1 aromatic heterocycles. The summed E-state index contributed by atoms with van der Waals surface area (Å²) in [6.07, 6.45) is 2.36. The Kier molecular flexibility index (Phi) is 13.6. The Morgan fingerprint density at radius 3 is 2.58 bits per heavy atom. The number of halogens is 1. The Labute approximate surface area is 168 Å². The number of rotatable bonds is 10. The number of hydrogen-bond donors (Lipinski definition) is 2. The van der Waals surface area contributed by atoms with Gasteiger partial charge in [-0.2, -0.15) is 0 Å². The van der Waals surface area contributed by atoms with Gasteiger partial charge in [-0.05, 0) is 53.2 Å². The van der Waals surface area contributed by atoms with E-state index in [-0.39, 0.29) is 24.0 Å². The first-order valence-corrected chi connectivity index (χ1v) is 9.64. The van der Waals surface area contributed by atoms with Crippen LogP contribution in [0.15, 0.2) is 10.5 Å². The van der Waals surface area contributed by atoms with Gasteiger partial charge < -0.3 is 15.5 Å². The molecule has 0 amide bonds. The van der Waals surface area contributed by atoms with Crippen molar-refractivity contribution in [3.63, 3.8) is 0 Å². The maximum absolute atomic E-state index is 4.69. The van der Waals surface area contributed by atoms with Gasteiger partial charge in [0.1, 0.15) is 0 Å². The van der Waals surface area contributed by atoms with Gasteiger partial charge in [-0.3, -0.25) is 0 Å². The van der Waals surface area contributed by atoms with Gasteiger partial charge in [0.15, 0.2) is 5.96 Å². The molecule has 1 atom stereocenters. The quantitative estimate of drug-likeness (QED) is 0.314. The minimum Gasteiger partial charge on any atom is -0.357 e. The van der Waals surface area contributed by atoms with Crippen LogP contribution in [-0.4, -0.2) is 48.1 Å². The number of nitrogens with one attached hydrogen (secondary N) is 2. The highest BCUT2D eigenvalue weighted by Gasteiger charge is 2.07. The van der Waals surface area contributed by atoms with E-state index in [0.717, 1.165) is 37.7 Å². The summed E-state index contributed by atoms with van der Waals surface area (Å²) >= 11 is 1.67. The molecule has 0 spiro atoms. The summed E-state index contributed by atoms with van der Waals surface area (Å²) in [7, 11) is 0. The van der Waals surface area contributed by atoms with Gasteiger partial charge >= 0.3 is 0 Å². The molecule has 0 aliphatic rings. The van der Waals surface area contributed by atoms with Crippen molar-refractivity contribution in [1.82, 2.24) is 20.5 Å². The highest BCUT2D eigenvalue weighted by atomic mass is 127. The fourth-order valence-corrected chi connectivity index (χ4v) is 3.12. The zero-order valence-corrected chi connectivity index (χ0v) is 18.9. The van der Waals surface area contributed by atoms with Gasteiger partial charge in [0, 0.05) is 17.5 Å². The highest BCUT2D eigenvalue weighted by molar-refractivity contribution is 14.0. The highest BCUT2D eigenvalue weighted by Crippen LogP contribution is 2.12. The molecule has 0 aliphatic carbocycles. The lowest BCUT2D eigenvalue weighted by Gasteiger charge is -2.21. The smallest absolute Gasteiger partial charge is 0.191 e. The van der Waals surface area contributed by atoms with Crippen molar-refractivity contribution in [3.8, 4) is 0 Å². The van der Waals surface area contributed by atoms with Crippen molar-refractivity contribution in [2.24, 2.45) is 4.99 Å². The molecule has 0 aliphatic heterocycles. The van der Waals surface area contributed by atoms with Crippen LogP contribution in [-0.2, 0) is 6.54 Å². The number of aromatic nitrogens is 1. The summed E-state index contributed by atoms with van der Waals surface area (Å²) in [5.41, 5.74) is 2.97. The van der Waals surface area contributed by atoms with Crippen LogP contribution in [0.1, 0.15) is 51.1 Å². The maximum atomic E-state index is 4.69. The number of thiazole rings is 1. The van der Waals surface area contributed by atoms with Crippen LogP contribution in [0.2, 0.25) is 0 Å². The topological polar surface area (TPSA) is 52.6 Å². The van der Waals surface area contributed by atoms with Gasteiger partial charge in [-0.25, -0.2) is 9.98 Å². The fourth-order valence-electron chi connectivity index (χ4n) is 2.42. The summed E-state index contributed by atoms with van der Waals surface area (Å²) < 4.78 is 0. The molecule has 140 valence electrons. The zero-order chi connectivity index (χ0) is 17.1. The molecular weight excluding hydrogens is 433 g/mol. The van der Waals surface area contributed by atoms with E-state index in [1.807, 2.05) is 12.4 Å². The molecule has 1 heterocycles. The molecule has 0 radical (unpaired) electrons. The van der Waals surface area contributed by atoms with Crippen LogP contribution in [0.3, 0.4) is 0 Å². The SMILES string of the molecule is CCNC(=NCc1scnc1C)NC(C)CCCN(CC)CC.I. The van der Waals surface area contributed by atoms with Crippen LogP contribution in [0.25, 0.3) is 0 Å². The lowest BCUT2D eigenvalue weighted by Crippen LogP contribution is -2.42. The Hall–Kier alpha value is -0.410. The third-order valence-corrected chi connectivity index (χ3v) is 4.88. The molecule has 7 heteroatoms. The molecular formula is C17H34IN5S. The maximum Gasteiger partial charge on any atom is 0.191 e. The molecule has 1 rings (SSSR count). The lowest BCUT2D eigenvalue weighted by molar-refractivity contribution is 0.292. The van der Waals surface area contributed by atoms with Gasteiger partial charge in [0.05, 0.1) is 17.7 Å². The van der Waals surface area contributed by atoms with Crippen molar-refractivity contribution in [2.75, 3.05) is 26.2 Å². The summed E-state index contributed by atoms with van der Waals surface area (Å²) in [5.74, 6) is 0.899. The summed E-state index contributed by atoms with van der Waals surface area (Å²) in [6, 6.07) is 0.422. The predicted molar refractivity (Wildman–Crippen MR) is 117 cm³/mol. The van der Waals surface area contributed by atoms with Gasteiger partial charge in [-0.1, -0.05) is 13.8 Å². The van der Waals surface area contributed by atoms with E-state index in [9.17, 15) is 0 Å². The number of aryl methyl sites for hydroxylation is 1. The monoisotopic (exact) mass is 467 g/mol. The van der Waals surface area contributed by atoms with Crippen LogP contribution in [0.5, 0.6) is 0 Å². The summed E-state index contributed by atoms with van der Waals surface area (Å²) in [4.78, 5) is 12.7. The zero-order valence-electron chi connectivity index (χ0n) is 15.8. The van der Waals surface area contributed by atoms with Crippen LogP contribution < -0.4 is 10.6 Å². The fraction of sp³-hybridized carbons (Fsp3) is 0.765. The van der Waals surface area contributed by atoms with E-state index in [4.69, 9.17) is 0 Å². The Morgan fingerprint density at radius 2 is 2.04 bits per heavy atom. The lowest BCUT2D eigenvalue weighted by atomic mass is 10.2. The molecule has 0 bridgehead atoms. The summed E-state index contributed by atoms with van der Waals surface area (Å²) in [6.45, 7) is 15.8. The predicted octanol–water partition coefficient (Wildman–Crippen LogP) is 3.64. The van der Waals surface area contributed by atoms with Crippen molar-refractivity contribution in [1.29, 1.82) is 0 Å². The number of aliphatic imine (C=N–C) groups is 1. The largest absolute Gasteiger partial charge is 0.357 e. The van der Waals surface area contributed by atoms with E-state index >= 15 is 0 Å². The summed E-state index contributed by atoms with van der Waals surface area (Å²) in [5, 5.41) is 6.84. The van der Waals surface area contributed by atoms with Crippen LogP contribution in [0, 0.1) is 6.92 Å². The Balaban J connectivity index is 0.00000529. The van der Waals surface area contributed by atoms with E-state index in [0.29, 0.717) is 12.6 Å². The third-order valence-electron chi connectivity index (χ3n) is 3.96. The average Bonchev–Trinajstić information content (AvgIpc) is 2.94. The molecule has 0 aromatic carbocycles.